The quantitative estimate of drug-likeness (QED) is 0.867. The third kappa shape index (κ3) is 3.47. The highest BCUT2D eigenvalue weighted by atomic mass is 19.1. The Bertz CT molecular complexity index is 411. The Morgan fingerprint density at radius 2 is 2.05 bits per heavy atom. The van der Waals surface area contributed by atoms with Gasteiger partial charge in [0.1, 0.15) is 5.82 Å². The summed E-state index contributed by atoms with van der Waals surface area (Å²) in [7, 11) is 0. The molecule has 1 saturated carbocycles. The van der Waals surface area contributed by atoms with E-state index in [1.807, 2.05) is 6.07 Å². The fraction of sp³-hybridized carbons (Fsp3) is 0.625. The average Bonchev–Trinajstić information content (AvgIpc) is 2.39. The van der Waals surface area contributed by atoms with Crippen LogP contribution in [0.25, 0.3) is 0 Å². The summed E-state index contributed by atoms with van der Waals surface area (Å²) in [6.07, 6.45) is 4.15. The third-order valence-corrected chi connectivity index (χ3v) is 4.47. The van der Waals surface area contributed by atoms with E-state index in [1.165, 1.54) is 12.1 Å². The van der Waals surface area contributed by atoms with Gasteiger partial charge in [0.05, 0.1) is 12.1 Å². The first-order chi connectivity index (χ1) is 9.04. The van der Waals surface area contributed by atoms with E-state index < -0.39 is 0 Å². The molecular formula is C16H24FNO. The van der Waals surface area contributed by atoms with Crippen molar-refractivity contribution in [2.24, 2.45) is 11.8 Å². The lowest BCUT2D eigenvalue weighted by atomic mass is 9.73. The van der Waals surface area contributed by atoms with Gasteiger partial charge in [-0.2, -0.15) is 0 Å². The van der Waals surface area contributed by atoms with Crippen molar-refractivity contribution in [1.82, 2.24) is 0 Å². The number of aliphatic hydroxyl groups excluding tert-OH is 1. The molecular weight excluding hydrogens is 241 g/mol. The molecule has 0 heterocycles. The average molecular weight is 265 g/mol. The minimum absolute atomic E-state index is 0.105. The molecule has 0 bridgehead atoms. The van der Waals surface area contributed by atoms with Gasteiger partial charge < -0.3 is 10.4 Å². The van der Waals surface area contributed by atoms with E-state index in [1.54, 1.807) is 6.07 Å². The van der Waals surface area contributed by atoms with Crippen LogP contribution in [-0.4, -0.2) is 17.3 Å². The van der Waals surface area contributed by atoms with Crippen molar-refractivity contribution >= 4 is 5.69 Å². The highest BCUT2D eigenvalue weighted by molar-refractivity contribution is 5.46. The molecule has 2 rings (SSSR count). The summed E-state index contributed by atoms with van der Waals surface area (Å²) in [5.41, 5.74) is 0.483. The van der Waals surface area contributed by atoms with Crippen LogP contribution in [0.1, 0.15) is 39.5 Å². The Morgan fingerprint density at radius 3 is 2.58 bits per heavy atom. The van der Waals surface area contributed by atoms with Crippen molar-refractivity contribution in [1.29, 1.82) is 0 Å². The monoisotopic (exact) mass is 265 g/mol. The first kappa shape index (κ1) is 14.3. The molecule has 0 amide bonds. The zero-order chi connectivity index (χ0) is 13.9. The number of rotatable bonds is 4. The number of anilines is 1. The van der Waals surface area contributed by atoms with Crippen LogP contribution in [0.3, 0.4) is 0 Å². The maximum Gasteiger partial charge on any atom is 0.125 e. The largest absolute Gasteiger partial charge is 0.394 e. The molecule has 0 radical (unpaired) electrons. The zero-order valence-corrected chi connectivity index (χ0v) is 11.8. The van der Waals surface area contributed by atoms with Crippen LogP contribution in [0.15, 0.2) is 24.3 Å². The van der Waals surface area contributed by atoms with Gasteiger partial charge >= 0.3 is 0 Å². The molecule has 0 unspecified atom stereocenters. The van der Waals surface area contributed by atoms with Crippen LogP contribution in [0.2, 0.25) is 0 Å². The summed E-state index contributed by atoms with van der Waals surface area (Å²) < 4.78 is 13.2. The molecule has 3 heteroatoms. The van der Waals surface area contributed by atoms with Gasteiger partial charge in [0.25, 0.3) is 0 Å². The van der Waals surface area contributed by atoms with Crippen molar-refractivity contribution in [3.8, 4) is 0 Å². The Balaban J connectivity index is 2.04. The molecule has 2 N–H and O–H groups in total. The predicted octanol–water partition coefficient (Wildman–Crippen LogP) is 3.81. The van der Waals surface area contributed by atoms with E-state index in [4.69, 9.17) is 0 Å². The molecule has 1 aliphatic carbocycles. The highest BCUT2D eigenvalue weighted by Crippen LogP contribution is 2.37. The standard InChI is InChI=1S/C16H24FNO/c1-12(2)13-6-8-16(11-19,9-7-13)18-15-5-3-4-14(17)10-15/h3-5,10,12-13,18-19H,6-9,11H2,1-2H3. The number of aliphatic hydroxyl groups is 1. The number of hydrogen-bond donors (Lipinski definition) is 2. The number of nitrogens with one attached hydrogen (secondary N) is 1. The van der Waals surface area contributed by atoms with Crippen LogP contribution in [0.5, 0.6) is 0 Å². The second-order valence-electron chi connectivity index (χ2n) is 6.16. The SMILES string of the molecule is CC(C)C1CCC(CO)(Nc2cccc(F)c2)CC1. The summed E-state index contributed by atoms with van der Waals surface area (Å²) in [5.74, 6) is 1.20. The van der Waals surface area contributed by atoms with Crippen molar-refractivity contribution in [2.75, 3.05) is 11.9 Å². The molecule has 0 atom stereocenters. The Kier molecular flexibility index (Phi) is 4.46. The summed E-state index contributed by atoms with van der Waals surface area (Å²) in [5, 5.41) is 13.1. The second kappa shape index (κ2) is 5.91. The van der Waals surface area contributed by atoms with Crippen molar-refractivity contribution in [2.45, 2.75) is 45.1 Å². The molecule has 19 heavy (non-hydrogen) atoms. The highest BCUT2D eigenvalue weighted by Gasteiger charge is 2.35. The van der Waals surface area contributed by atoms with E-state index in [-0.39, 0.29) is 18.0 Å². The van der Waals surface area contributed by atoms with Crippen LogP contribution >= 0.6 is 0 Å². The molecule has 0 saturated heterocycles. The summed E-state index contributed by atoms with van der Waals surface area (Å²) in [4.78, 5) is 0. The van der Waals surface area contributed by atoms with Crippen LogP contribution < -0.4 is 5.32 Å². The van der Waals surface area contributed by atoms with E-state index in [0.29, 0.717) is 5.92 Å². The molecule has 0 spiro atoms. The lowest BCUT2D eigenvalue weighted by Gasteiger charge is -2.41. The van der Waals surface area contributed by atoms with E-state index in [0.717, 1.165) is 37.3 Å². The van der Waals surface area contributed by atoms with Gasteiger partial charge in [-0.1, -0.05) is 19.9 Å². The summed E-state index contributed by atoms with van der Waals surface area (Å²) in [6, 6.07) is 6.48. The molecule has 1 aromatic carbocycles. The molecule has 0 aliphatic heterocycles. The van der Waals surface area contributed by atoms with Gasteiger partial charge in [-0.15, -0.1) is 0 Å². The molecule has 2 nitrogen and oxygen atoms in total. The van der Waals surface area contributed by atoms with Gasteiger partial charge in [0.2, 0.25) is 0 Å². The predicted molar refractivity (Wildman–Crippen MR) is 76.6 cm³/mol. The normalized spacial score (nSPS) is 27.5. The van der Waals surface area contributed by atoms with Crippen LogP contribution in [0.4, 0.5) is 10.1 Å². The first-order valence-electron chi connectivity index (χ1n) is 7.19. The lowest BCUT2D eigenvalue weighted by molar-refractivity contribution is 0.136. The fourth-order valence-corrected chi connectivity index (χ4v) is 3.05. The van der Waals surface area contributed by atoms with Gasteiger partial charge in [0.15, 0.2) is 0 Å². The van der Waals surface area contributed by atoms with Crippen LogP contribution in [-0.2, 0) is 0 Å². The Hall–Kier alpha value is -1.09. The van der Waals surface area contributed by atoms with Crippen molar-refractivity contribution < 1.29 is 9.50 Å². The van der Waals surface area contributed by atoms with Crippen molar-refractivity contribution in [3.63, 3.8) is 0 Å². The van der Waals surface area contributed by atoms with Crippen LogP contribution in [0, 0.1) is 17.7 Å². The summed E-state index contributed by atoms with van der Waals surface area (Å²) >= 11 is 0. The van der Waals surface area contributed by atoms with Gasteiger partial charge in [-0.25, -0.2) is 4.39 Å². The minimum atomic E-state index is -0.279. The van der Waals surface area contributed by atoms with Gasteiger partial charge in [0, 0.05) is 5.69 Å². The molecule has 1 aliphatic rings. The molecule has 106 valence electrons. The lowest BCUT2D eigenvalue weighted by Crippen LogP contribution is -2.45. The topological polar surface area (TPSA) is 32.3 Å². The fourth-order valence-electron chi connectivity index (χ4n) is 3.05. The number of hydrogen-bond acceptors (Lipinski definition) is 2. The second-order valence-corrected chi connectivity index (χ2v) is 6.16. The Morgan fingerprint density at radius 1 is 1.37 bits per heavy atom. The first-order valence-corrected chi connectivity index (χ1v) is 7.19. The number of halogens is 1. The van der Waals surface area contributed by atoms with E-state index in [2.05, 4.69) is 19.2 Å². The third-order valence-electron chi connectivity index (χ3n) is 4.47. The van der Waals surface area contributed by atoms with E-state index in [9.17, 15) is 9.50 Å². The summed E-state index contributed by atoms with van der Waals surface area (Å²) in [6.45, 7) is 4.63. The zero-order valence-electron chi connectivity index (χ0n) is 11.8. The maximum atomic E-state index is 13.2. The Labute approximate surface area is 115 Å². The van der Waals surface area contributed by atoms with Gasteiger partial charge in [-0.3, -0.25) is 0 Å². The van der Waals surface area contributed by atoms with Crippen molar-refractivity contribution in [3.05, 3.63) is 30.1 Å². The smallest absolute Gasteiger partial charge is 0.125 e. The number of benzene rings is 1. The van der Waals surface area contributed by atoms with Gasteiger partial charge in [-0.05, 0) is 55.7 Å². The maximum absolute atomic E-state index is 13.2. The molecule has 1 aromatic rings. The molecule has 1 fully saturated rings. The minimum Gasteiger partial charge on any atom is -0.394 e. The van der Waals surface area contributed by atoms with E-state index >= 15 is 0 Å². The molecule has 0 aromatic heterocycles.